The normalized spacial score (nSPS) is 16.2. The fraction of sp³-hybridized carbons (Fsp3) is 0.657. The van der Waals surface area contributed by atoms with Crippen molar-refractivity contribution in [1.29, 1.82) is 0 Å². The lowest BCUT2D eigenvalue weighted by Crippen LogP contribution is -2.24. The first-order valence-electron chi connectivity index (χ1n) is 15.0. The monoisotopic (exact) mass is 524 g/mol. The minimum absolute atomic E-state index is 0.211. The van der Waals surface area contributed by atoms with Crippen LogP contribution in [0.3, 0.4) is 0 Å². The van der Waals surface area contributed by atoms with Gasteiger partial charge in [0.05, 0.1) is 6.61 Å². The van der Waals surface area contributed by atoms with Crippen LogP contribution in [-0.2, 0) is 4.74 Å². The number of hydrogen-bond donors (Lipinski definition) is 0. The maximum Gasteiger partial charge on any atom is 0.197 e. The Balaban J connectivity index is 0.00000161. The Kier molecular flexibility index (Phi) is 13.2. The van der Waals surface area contributed by atoms with Gasteiger partial charge in [0.1, 0.15) is 18.1 Å². The molecule has 2 atom stereocenters. The summed E-state index contributed by atoms with van der Waals surface area (Å²) in [5, 5.41) is 0. The highest BCUT2D eigenvalue weighted by Gasteiger charge is 2.30. The molecule has 3 heteroatoms. The average Bonchev–Trinajstić information content (AvgIpc) is 2.86. The van der Waals surface area contributed by atoms with Gasteiger partial charge in [-0.15, -0.1) is 0 Å². The summed E-state index contributed by atoms with van der Waals surface area (Å²) in [7, 11) is 0. The van der Waals surface area contributed by atoms with Gasteiger partial charge in [0.2, 0.25) is 0 Å². The predicted octanol–water partition coefficient (Wildman–Crippen LogP) is 10.5. The van der Waals surface area contributed by atoms with Gasteiger partial charge in [-0.3, -0.25) is 0 Å². The van der Waals surface area contributed by atoms with Crippen LogP contribution in [0.2, 0.25) is 0 Å². The molecule has 0 aliphatic heterocycles. The van der Waals surface area contributed by atoms with Crippen molar-refractivity contribution in [2.75, 3.05) is 13.2 Å². The van der Waals surface area contributed by atoms with Crippen molar-refractivity contribution in [3.8, 4) is 11.5 Å². The Hall–Kier alpha value is -2.00. The lowest BCUT2D eigenvalue weighted by atomic mass is 9.69. The first kappa shape index (κ1) is 32.2. The summed E-state index contributed by atoms with van der Waals surface area (Å²) in [5.41, 5.74) is 3.32. The molecule has 2 aromatic carbocycles. The van der Waals surface area contributed by atoms with E-state index in [0.717, 1.165) is 23.8 Å². The van der Waals surface area contributed by atoms with Crippen LogP contribution >= 0.6 is 0 Å². The molecule has 0 radical (unpaired) electrons. The SMILES string of the molecule is CC(OCCOc1ccc(C2CCCCC2)cc1)Oc1ccc(C(CC(C)(C)C)C(C)(C)C)cc1.CCC. The Labute approximate surface area is 234 Å². The highest BCUT2D eigenvalue weighted by Crippen LogP contribution is 2.43. The second-order valence-corrected chi connectivity index (χ2v) is 13.3. The molecular formula is C35H56O3. The quantitative estimate of drug-likeness (QED) is 0.228. The second kappa shape index (κ2) is 15.6. The summed E-state index contributed by atoms with van der Waals surface area (Å²) < 4.78 is 17.7. The van der Waals surface area contributed by atoms with Crippen LogP contribution in [0.1, 0.15) is 130 Å². The van der Waals surface area contributed by atoms with Crippen molar-refractivity contribution in [3.05, 3.63) is 59.7 Å². The summed E-state index contributed by atoms with van der Waals surface area (Å²) in [4.78, 5) is 0. The summed E-state index contributed by atoms with van der Waals surface area (Å²) in [6.07, 6.45) is 8.83. The average molecular weight is 525 g/mol. The van der Waals surface area contributed by atoms with Crippen LogP contribution in [0.25, 0.3) is 0 Å². The number of rotatable bonds is 10. The molecule has 0 N–H and O–H groups in total. The minimum atomic E-state index is -0.328. The van der Waals surface area contributed by atoms with Crippen LogP contribution in [0, 0.1) is 10.8 Å². The van der Waals surface area contributed by atoms with E-state index in [9.17, 15) is 0 Å². The van der Waals surface area contributed by atoms with Crippen LogP contribution in [0.4, 0.5) is 0 Å². The molecule has 0 spiro atoms. The molecule has 38 heavy (non-hydrogen) atoms. The molecule has 2 aromatic rings. The van der Waals surface area contributed by atoms with Gasteiger partial charge in [-0.25, -0.2) is 0 Å². The molecule has 0 saturated heterocycles. The van der Waals surface area contributed by atoms with Crippen molar-refractivity contribution < 1.29 is 14.2 Å². The highest BCUT2D eigenvalue weighted by atomic mass is 16.7. The minimum Gasteiger partial charge on any atom is -0.491 e. The van der Waals surface area contributed by atoms with Crippen LogP contribution in [0.15, 0.2) is 48.5 Å². The highest BCUT2D eigenvalue weighted by molar-refractivity contribution is 5.31. The molecule has 2 unspecified atom stereocenters. The van der Waals surface area contributed by atoms with E-state index in [2.05, 4.69) is 104 Å². The van der Waals surface area contributed by atoms with Crippen LogP contribution in [-0.4, -0.2) is 19.5 Å². The molecule has 1 aliphatic rings. The first-order valence-corrected chi connectivity index (χ1v) is 15.0. The molecular weight excluding hydrogens is 468 g/mol. The number of benzene rings is 2. The van der Waals surface area contributed by atoms with E-state index < -0.39 is 0 Å². The van der Waals surface area contributed by atoms with E-state index in [4.69, 9.17) is 14.2 Å². The van der Waals surface area contributed by atoms with Crippen molar-refractivity contribution in [2.24, 2.45) is 10.8 Å². The molecule has 1 saturated carbocycles. The molecule has 1 fully saturated rings. The predicted molar refractivity (Wildman–Crippen MR) is 162 cm³/mol. The number of ether oxygens (including phenoxy) is 3. The van der Waals surface area contributed by atoms with Gasteiger partial charge in [-0.1, -0.05) is 105 Å². The van der Waals surface area contributed by atoms with Crippen molar-refractivity contribution >= 4 is 0 Å². The lowest BCUT2D eigenvalue weighted by Gasteiger charge is -2.36. The standard InChI is InChI=1S/C32H48O3.C3H8/c1-24(33-21-22-34-28-17-13-26(14-18-28)25-11-9-8-10-12-25)35-29-19-15-27(16-20-29)30(32(5,6)7)23-31(2,3)4;1-3-2/h13-20,24-25,30H,8-12,21-23H2,1-7H3;3H2,1-2H3. The maximum absolute atomic E-state index is 5.99. The summed E-state index contributed by atoms with van der Waals surface area (Å²) in [6.45, 7) is 21.1. The Morgan fingerprint density at radius 2 is 1.32 bits per heavy atom. The lowest BCUT2D eigenvalue weighted by molar-refractivity contribution is -0.0739. The molecule has 214 valence electrons. The van der Waals surface area contributed by atoms with Gasteiger partial charge >= 0.3 is 0 Å². The fourth-order valence-electron chi connectivity index (χ4n) is 5.19. The fourth-order valence-corrected chi connectivity index (χ4v) is 5.19. The molecule has 0 aromatic heterocycles. The van der Waals surface area contributed by atoms with E-state index in [1.807, 2.05) is 6.92 Å². The van der Waals surface area contributed by atoms with E-state index in [1.165, 1.54) is 49.7 Å². The Morgan fingerprint density at radius 1 is 0.763 bits per heavy atom. The Bertz CT molecular complexity index is 881. The molecule has 0 bridgehead atoms. The molecule has 3 rings (SSSR count). The van der Waals surface area contributed by atoms with Crippen molar-refractivity contribution in [2.45, 2.75) is 125 Å². The summed E-state index contributed by atoms with van der Waals surface area (Å²) in [5.74, 6) is 2.97. The maximum atomic E-state index is 5.99. The van der Waals surface area contributed by atoms with E-state index in [0.29, 0.717) is 19.1 Å². The second-order valence-electron chi connectivity index (χ2n) is 13.3. The van der Waals surface area contributed by atoms with Gasteiger partial charge in [0.25, 0.3) is 0 Å². The third kappa shape index (κ3) is 11.8. The van der Waals surface area contributed by atoms with Crippen molar-refractivity contribution in [1.82, 2.24) is 0 Å². The molecule has 3 nitrogen and oxygen atoms in total. The zero-order valence-electron chi connectivity index (χ0n) is 25.9. The van der Waals surface area contributed by atoms with Gasteiger partial charge in [0.15, 0.2) is 6.29 Å². The summed E-state index contributed by atoms with van der Waals surface area (Å²) >= 11 is 0. The van der Waals surface area contributed by atoms with Crippen LogP contribution < -0.4 is 9.47 Å². The van der Waals surface area contributed by atoms with E-state index >= 15 is 0 Å². The third-order valence-corrected chi connectivity index (χ3v) is 7.11. The third-order valence-electron chi connectivity index (χ3n) is 7.11. The van der Waals surface area contributed by atoms with E-state index in [1.54, 1.807) is 0 Å². The molecule has 0 heterocycles. The molecule has 1 aliphatic carbocycles. The van der Waals surface area contributed by atoms with Gasteiger partial charge in [-0.05, 0) is 84.2 Å². The van der Waals surface area contributed by atoms with Gasteiger partial charge in [0, 0.05) is 0 Å². The Morgan fingerprint density at radius 3 is 1.84 bits per heavy atom. The first-order chi connectivity index (χ1) is 17.9. The molecule has 0 amide bonds. The number of hydrogen-bond acceptors (Lipinski definition) is 3. The van der Waals surface area contributed by atoms with Gasteiger partial charge < -0.3 is 14.2 Å². The van der Waals surface area contributed by atoms with Gasteiger partial charge in [-0.2, -0.15) is 0 Å². The van der Waals surface area contributed by atoms with Crippen molar-refractivity contribution in [3.63, 3.8) is 0 Å². The van der Waals surface area contributed by atoms with Crippen LogP contribution in [0.5, 0.6) is 11.5 Å². The largest absolute Gasteiger partial charge is 0.491 e. The smallest absolute Gasteiger partial charge is 0.197 e. The summed E-state index contributed by atoms with van der Waals surface area (Å²) in [6, 6.07) is 17.2. The zero-order valence-corrected chi connectivity index (χ0v) is 25.9. The topological polar surface area (TPSA) is 27.7 Å². The van der Waals surface area contributed by atoms with E-state index in [-0.39, 0.29) is 17.1 Å². The zero-order chi connectivity index (χ0) is 28.2.